The van der Waals surface area contributed by atoms with Crippen molar-refractivity contribution in [3.63, 3.8) is 0 Å². The molecule has 0 aliphatic carbocycles. The maximum absolute atomic E-state index is 10.3. The average molecular weight is 182 g/mol. The minimum Gasteiger partial charge on any atom is -0.364 e. The zero-order chi connectivity index (χ0) is 9.68. The highest BCUT2D eigenvalue weighted by atomic mass is 16.1. The fourth-order valence-electron chi connectivity index (χ4n) is 1.39. The van der Waals surface area contributed by atoms with Crippen LogP contribution in [0.15, 0.2) is 10.2 Å². The van der Waals surface area contributed by atoms with E-state index in [4.69, 9.17) is 0 Å². The van der Waals surface area contributed by atoms with Crippen molar-refractivity contribution in [2.45, 2.75) is 0 Å². The summed E-state index contributed by atoms with van der Waals surface area (Å²) in [6, 6.07) is 0. The summed E-state index contributed by atoms with van der Waals surface area (Å²) < 4.78 is 0. The molecule has 0 atom stereocenters. The fraction of sp³-hybridized carbons (Fsp3) is 0.625. The molecule has 0 aromatic rings. The third kappa shape index (κ3) is 2.85. The Morgan fingerprint density at radius 1 is 1.69 bits per heavy atom. The van der Waals surface area contributed by atoms with Crippen LogP contribution < -0.4 is 0 Å². The first kappa shape index (κ1) is 9.70. The van der Waals surface area contributed by atoms with Crippen molar-refractivity contribution in [2.75, 3.05) is 26.7 Å². The zero-order valence-corrected chi connectivity index (χ0v) is 7.76. The number of carbonyl (C=O) groups excluding carboxylic acids is 1. The SMILES string of the molecule is C=N/N=C\N(C)CC1CN(C=O)C1. The van der Waals surface area contributed by atoms with E-state index >= 15 is 0 Å². The average Bonchev–Trinajstić information content (AvgIpc) is 2.07. The third-order valence-corrected chi connectivity index (χ3v) is 2.01. The smallest absolute Gasteiger partial charge is 0.209 e. The van der Waals surface area contributed by atoms with Crippen molar-refractivity contribution in [1.82, 2.24) is 9.80 Å². The van der Waals surface area contributed by atoms with Gasteiger partial charge in [-0.25, -0.2) is 0 Å². The molecule has 1 amide bonds. The number of hydrogen-bond acceptors (Lipinski definition) is 3. The topological polar surface area (TPSA) is 48.3 Å². The Bertz CT molecular complexity index is 210. The van der Waals surface area contributed by atoms with E-state index in [0.717, 1.165) is 26.0 Å². The molecule has 0 saturated carbocycles. The first-order valence-corrected chi connectivity index (χ1v) is 4.15. The van der Waals surface area contributed by atoms with Gasteiger partial charge in [-0.3, -0.25) is 4.79 Å². The van der Waals surface area contributed by atoms with E-state index in [0.29, 0.717) is 5.92 Å². The quantitative estimate of drug-likeness (QED) is 0.252. The lowest BCUT2D eigenvalue weighted by molar-refractivity contribution is -0.123. The second-order valence-corrected chi connectivity index (χ2v) is 3.24. The van der Waals surface area contributed by atoms with Gasteiger partial charge in [0.2, 0.25) is 6.41 Å². The molecule has 1 aliphatic heterocycles. The Balaban J connectivity index is 2.16. The Hall–Kier alpha value is -1.39. The Kier molecular flexibility index (Phi) is 3.42. The zero-order valence-electron chi connectivity index (χ0n) is 7.76. The first-order valence-electron chi connectivity index (χ1n) is 4.15. The lowest BCUT2D eigenvalue weighted by atomic mass is 10.0. The van der Waals surface area contributed by atoms with Crippen molar-refractivity contribution in [1.29, 1.82) is 0 Å². The molecule has 5 nitrogen and oxygen atoms in total. The molecule has 0 aromatic carbocycles. The number of amides is 1. The molecule has 5 heteroatoms. The lowest BCUT2D eigenvalue weighted by Gasteiger charge is -2.37. The molecular weight excluding hydrogens is 168 g/mol. The normalized spacial score (nSPS) is 17.2. The van der Waals surface area contributed by atoms with Crippen LogP contribution in [0.3, 0.4) is 0 Å². The van der Waals surface area contributed by atoms with Crippen LogP contribution >= 0.6 is 0 Å². The van der Waals surface area contributed by atoms with Gasteiger partial charge in [-0.15, -0.1) is 5.10 Å². The van der Waals surface area contributed by atoms with Crippen molar-refractivity contribution < 1.29 is 4.79 Å². The number of hydrogen-bond donors (Lipinski definition) is 0. The van der Waals surface area contributed by atoms with Gasteiger partial charge in [-0.1, -0.05) is 0 Å². The van der Waals surface area contributed by atoms with E-state index in [9.17, 15) is 4.79 Å². The van der Waals surface area contributed by atoms with Crippen LogP contribution in [0.1, 0.15) is 0 Å². The van der Waals surface area contributed by atoms with Crippen LogP contribution in [0.4, 0.5) is 0 Å². The molecule has 13 heavy (non-hydrogen) atoms. The molecule has 1 heterocycles. The van der Waals surface area contributed by atoms with Crippen LogP contribution in [0.25, 0.3) is 0 Å². The standard InChI is InChI=1S/C8H14N4O/c1-9-10-6-11(2)3-8-4-12(5-8)7-13/h6-8H,1,3-5H2,2H3/b10-6-. The minimum absolute atomic E-state index is 0.562. The maximum Gasteiger partial charge on any atom is 0.209 e. The Morgan fingerprint density at radius 2 is 2.38 bits per heavy atom. The van der Waals surface area contributed by atoms with Gasteiger partial charge in [-0.05, 0) is 0 Å². The summed E-state index contributed by atoms with van der Waals surface area (Å²) in [5.74, 6) is 0.562. The molecule has 72 valence electrons. The maximum atomic E-state index is 10.3. The molecule has 1 aliphatic rings. The number of carbonyl (C=O) groups is 1. The lowest BCUT2D eigenvalue weighted by Crippen LogP contribution is -2.49. The molecule has 0 unspecified atom stereocenters. The van der Waals surface area contributed by atoms with Gasteiger partial charge in [0.15, 0.2) is 0 Å². The molecule has 0 aromatic heterocycles. The molecule has 1 fully saturated rings. The van der Waals surface area contributed by atoms with Crippen LogP contribution in [-0.4, -0.2) is 55.9 Å². The van der Waals surface area contributed by atoms with E-state index < -0.39 is 0 Å². The summed E-state index contributed by atoms with van der Waals surface area (Å²) in [7, 11) is 1.93. The number of likely N-dealkylation sites (tertiary alicyclic amines) is 1. The first-order chi connectivity index (χ1) is 6.26. The highest BCUT2D eigenvalue weighted by Crippen LogP contribution is 2.13. The summed E-state index contributed by atoms with van der Waals surface area (Å²) in [5.41, 5.74) is 0. The monoisotopic (exact) mass is 182 g/mol. The van der Waals surface area contributed by atoms with Gasteiger partial charge < -0.3 is 9.80 Å². The van der Waals surface area contributed by atoms with Crippen molar-refractivity contribution in [2.24, 2.45) is 16.1 Å². The van der Waals surface area contributed by atoms with E-state index in [1.807, 2.05) is 11.9 Å². The summed E-state index contributed by atoms with van der Waals surface area (Å²) in [6.07, 6.45) is 2.52. The Labute approximate surface area is 77.7 Å². The second kappa shape index (κ2) is 4.59. The van der Waals surface area contributed by atoms with Crippen LogP contribution in [0.2, 0.25) is 0 Å². The van der Waals surface area contributed by atoms with Crippen molar-refractivity contribution >= 4 is 19.5 Å². The van der Waals surface area contributed by atoms with Gasteiger partial charge in [0.05, 0.1) is 0 Å². The largest absolute Gasteiger partial charge is 0.364 e. The highest BCUT2D eigenvalue weighted by molar-refractivity contribution is 5.55. The predicted molar refractivity (Wildman–Crippen MR) is 51.8 cm³/mol. The predicted octanol–water partition coefficient (Wildman–Crippen LogP) is -0.350. The van der Waals surface area contributed by atoms with Crippen LogP contribution in [0.5, 0.6) is 0 Å². The fourth-order valence-corrected chi connectivity index (χ4v) is 1.39. The molecular formula is C8H14N4O. The van der Waals surface area contributed by atoms with E-state index in [1.165, 1.54) is 0 Å². The van der Waals surface area contributed by atoms with Crippen molar-refractivity contribution in [3.8, 4) is 0 Å². The summed E-state index contributed by atoms with van der Waals surface area (Å²) in [6.45, 7) is 5.85. The number of rotatable bonds is 5. The highest BCUT2D eigenvalue weighted by Gasteiger charge is 2.25. The van der Waals surface area contributed by atoms with Gasteiger partial charge in [0.25, 0.3) is 0 Å². The summed E-state index contributed by atoms with van der Waals surface area (Å²) >= 11 is 0. The second-order valence-electron chi connectivity index (χ2n) is 3.24. The summed E-state index contributed by atoms with van der Waals surface area (Å²) in [4.78, 5) is 14.0. The summed E-state index contributed by atoms with van der Waals surface area (Å²) in [5, 5.41) is 7.02. The van der Waals surface area contributed by atoms with E-state index in [-0.39, 0.29) is 0 Å². The minimum atomic E-state index is 0.562. The van der Waals surface area contributed by atoms with Crippen LogP contribution in [-0.2, 0) is 4.79 Å². The number of nitrogens with zero attached hydrogens (tertiary/aromatic N) is 4. The molecule has 0 radical (unpaired) electrons. The molecule has 1 saturated heterocycles. The van der Waals surface area contributed by atoms with Crippen LogP contribution in [0, 0.1) is 5.92 Å². The van der Waals surface area contributed by atoms with Gasteiger partial charge >= 0.3 is 0 Å². The molecule has 0 spiro atoms. The van der Waals surface area contributed by atoms with Gasteiger partial charge in [0, 0.05) is 39.3 Å². The van der Waals surface area contributed by atoms with Crippen molar-refractivity contribution in [3.05, 3.63) is 0 Å². The Morgan fingerprint density at radius 3 is 2.92 bits per heavy atom. The van der Waals surface area contributed by atoms with Gasteiger partial charge in [0.1, 0.15) is 6.34 Å². The third-order valence-electron chi connectivity index (χ3n) is 2.01. The molecule has 0 bridgehead atoms. The van der Waals surface area contributed by atoms with Gasteiger partial charge in [-0.2, -0.15) is 5.10 Å². The molecule has 0 N–H and O–H groups in total. The van der Waals surface area contributed by atoms with E-state index in [2.05, 4.69) is 16.9 Å². The molecule has 1 rings (SSSR count). The van der Waals surface area contributed by atoms with E-state index in [1.54, 1.807) is 11.2 Å².